The first-order valence-electron chi connectivity index (χ1n) is 9.50. The summed E-state index contributed by atoms with van der Waals surface area (Å²) in [6.07, 6.45) is 0. The molecule has 4 rings (SSSR count). The van der Waals surface area contributed by atoms with Crippen molar-refractivity contribution >= 4 is 5.78 Å². The lowest BCUT2D eigenvalue weighted by Gasteiger charge is -2.28. The minimum absolute atomic E-state index is 0.0927. The van der Waals surface area contributed by atoms with E-state index in [2.05, 4.69) is 73.3 Å². The van der Waals surface area contributed by atoms with Gasteiger partial charge in [0.2, 0.25) is 0 Å². The van der Waals surface area contributed by atoms with Gasteiger partial charge in [-0.25, -0.2) is 0 Å². The first kappa shape index (κ1) is 16.5. The quantitative estimate of drug-likeness (QED) is 0.828. The van der Waals surface area contributed by atoms with Crippen LogP contribution in [0, 0.1) is 23.7 Å². The molecule has 0 bridgehead atoms. The average Bonchev–Trinajstić information content (AvgIpc) is 3.14. The molecule has 2 aromatic carbocycles. The number of rotatable bonds is 4. The van der Waals surface area contributed by atoms with Gasteiger partial charge in [0.1, 0.15) is 5.78 Å². The Kier molecular flexibility index (Phi) is 4.47. The summed E-state index contributed by atoms with van der Waals surface area (Å²) >= 11 is 0. The number of benzene rings is 2. The predicted molar refractivity (Wildman–Crippen MR) is 101 cm³/mol. The molecule has 4 unspecified atom stereocenters. The molecule has 4 atom stereocenters. The van der Waals surface area contributed by atoms with Crippen LogP contribution in [0.2, 0.25) is 0 Å². The largest absolute Gasteiger partial charge is 0.299 e. The first-order valence-corrected chi connectivity index (χ1v) is 9.50. The lowest BCUT2D eigenvalue weighted by atomic mass is 9.77. The molecule has 0 N–H and O–H groups in total. The van der Waals surface area contributed by atoms with Crippen LogP contribution >= 0.6 is 0 Å². The summed E-state index contributed by atoms with van der Waals surface area (Å²) in [5, 5.41) is 0. The number of likely N-dealkylation sites (tertiary alicyclic amines) is 1. The van der Waals surface area contributed by atoms with Crippen molar-refractivity contribution < 1.29 is 4.79 Å². The van der Waals surface area contributed by atoms with Gasteiger partial charge in [0.15, 0.2) is 0 Å². The third-order valence-electron chi connectivity index (χ3n) is 6.17. The molecule has 1 aliphatic carbocycles. The monoisotopic (exact) mass is 333 g/mol. The van der Waals surface area contributed by atoms with E-state index in [0.717, 1.165) is 19.6 Å². The lowest BCUT2D eigenvalue weighted by molar-refractivity contribution is -0.122. The van der Waals surface area contributed by atoms with Crippen LogP contribution in [-0.2, 0) is 11.3 Å². The minimum atomic E-state index is 0.0927. The van der Waals surface area contributed by atoms with E-state index >= 15 is 0 Å². The molecule has 25 heavy (non-hydrogen) atoms. The zero-order valence-electron chi connectivity index (χ0n) is 15.1. The van der Waals surface area contributed by atoms with E-state index in [1.165, 1.54) is 11.1 Å². The third kappa shape index (κ3) is 3.04. The highest BCUT2D eigenvalue weighted by Crippen LogP contribution is 2.51. The lowest BCUT2D eigenvalue weighted by Crippen LogP contribution is -2.29. The Labute approximate surface area is 150 Å². The molecule has 0 amide bonds. The van der Waals surface area contributed by atoms with Crippen molar-refractivity contribution in [3.63, 3.8) is 0 Å². The van der Waals surface area contributed by atoms with Gasteiger partial charge in [-0.2, -0.15) is 0 Å². The normalized spacial score (nSPS) is 29.3. The number of carbonyl (C=O) groups excluding carboxylic acids is 1. The molecule has 2 fully saturated rings. The van der Waals surface area contributed by atoms with Crippen LogP contribution in [0.4, 0.5) is 0 Å². The molecule has 0 aromatic heterocycles. The molecular formula is C23H27NO. The van der Waals surface area contributed by atoms with Crippen molar-refractivity contribution in [1.82, 2.24) is 4.90 Å². The summed E-state index contributed by atoms with van der Waals surface area (Å²) in [4.78, 5) is 15.8. The van der Waals surface area contributed by atoms with Crippen molar-refractivity contribution in [2.45, 2.75) is 26.3 Å². The van der Waals surface area contributed by atoms with E-state index < -0.39 is 0 Å². The summed E-state index contributed by atoms with van der Waals surface area (Å²) < 4.78 is 0. The van der Waals surface area contributed by atoms with E-state index in [4.69, 9.17) is 0 Å². The number of ketones is 1. The van der Waals surface area contributed by atoms with Gasteiger partial charge in [0, 0.05) is 31.5 Å². The number of nitrogens with zero attached hydrogens (tertiary/aromatic N) is 1. The van der Waals surface area contributed by atoms with Crippen molar-refractivity contribution in [2.24, 2.45) is 23.7 Å². The van der Waals surface area contributed by atoms with Crippen LogP contribution in [-0.4, -0.2) is 23.8 Å². The predicted octanol–water partition coefficient (Wildman–Crippen LogP) is 4.37. The van der Waals surface area contributed by atoms with Crippen LogP contribution in [0.3, 0.4) is 0 Å². The second-order valence-electron chi connectivity index (χ2n) is 8.06. The summed E-state index contributed by atoms with van der Waals surface area (Å²) in [5.74, 6) is 2.27. The Bertz CT molecular complexity index is 724. The number of carbonyl (C=O) groups is 1. The molecular weight excluding hydrogens is 306 g/mol. The molecule has 2 nitrogen and oxygen atoms in total. The van der Waals surface area contributed by atoms with E-state index in [-0.39, 0.29) is 11.8 Å². The average molecular weight is 333 g/mol. The van der Waals surface area contributed by atoms with Crippen LogP contribution in [0.25, 0.3) is 0 Å². The molecule has 0 radical (unpaired) electrons. The minimum Gasteiger partial charge on any atom is -0.299 e. The summed E-state index contributed by atoms with van der Waals surface area (Å²) in [6, 6.07) is 21.1. The van der Waals surface area contributed by atoms with E-state index in [1.54, 1.807) is 0 Å². The number of Topliss-reactive ketones (excluding diaryl/α,β-unsaturated/α-hetero) is 1. The SMILES string of the molecule is CC(C)C1C(c2ccccc2)C(=O)C2CN(Cc3ccccc3)CC21. The standard InChI is InChI=1S/C23H27NO/c1-16(2)21-19-14-24(13-17-9-5-3-6-10-17)15-20(19)23(25)22(21)18-11-7-4-8-12-18/h3-12,16,19-22H,13-15H2,1-2H3. The van der Waals surface area contributed by atoms with Gasteiger partial charge in [-0.3, -0.25) is 9.69 Å². The highest BCUT2D eigenvalue weighted by atomic mass is 16.1. The maximum Gasteiger partial charge on any atom is 0.145 e. The van der Waals surface area contributed by atoms with Crippen LogP contribution in [0.1, 0.15) is 30.9 Å². The topological polar surface area (TPSA) is 20.3 Å². The Hall–Kier alpha value is -1.93. The van der Waals surface area contributed by atoms with E-state index in [9.17, 15) is 4.79 Å². The fraction of sp³-hybridized carbons (Fsp3) is 0.435. The fourth-order valence-electron chi connectivity index (χ4n) is 5.17. The van der Waals surface area contributed by atoms with E-state index in [0.29, 0.717) is 23.5 Å². The molecule has 2 heteroatoms. The van der Waals surface area contributed by atoms with Crippen molar-refractivity contribution in [3.8, 4) is 0 Å². The van der Waals surface area contributed by atoms with E-state index in [1.807, 2.05) is 6.07 Å². The molecule has 1 aliphatic heterocycles. The van der Waals surface area contributed by atoms with Gasteiger partial charge < -0.3 is 0 Å². The Balaban J connectivity index is 1.56. The Morgan fingerprint density at radius 3 is 2.24 bits per heavy atom. The molecule has 2 aliphatic rings. The number of fused-ring (bicyclic) bond motifs is 1. The summed E-state index contributed by atoms with van der Waals surface area (Å²) in [6.45, 7) is 7.51. The molecule has 1 heterocycles. The molecule has 1 saturated carbocycles. The van der Waals surface area contributed by atoms with Crippen molar-refractivity contribution in [2.75, 3.05) is 13.1 Å². The van der Waals surface area contributed by atoms with Gasteiger partial charge in [-0.05, 0) is 28.9 Å². The van der Waals surface area contributed by atoms with Gasteiger partial charge in [-0.15, -0.1) is 0 Å². The zero-order chi connectivity index (χ0) is 17.4. The fourth-order valence-corrected chi connectivity index (χ4v) is 5.17. The molecule has 2 aromatic rings. The van der Waals surface area contributed by atoms with Gasteiger partial charge in [0.05, 0.1) is 0 Å². The van der Waals surface area contributed by atoms with Gasteiger partial charge >= 0.3 is 0 Å². The highest BCUT2D eigenvalue weighted by Gasteiger charge is 2.54. The highest BCUT2D eigenvalue weighted by molar-refractivity contribution is 5.91. The second-order valence-corrected chi connectivity index (χ2v) is 8.06. The smallest absolute Gasteiger partial charge is 0.145 e. The van der Waals surface area contributed by atoms with Crippen molar-refractivity contribution in [3.05, 3.63) is 71.8 Å². The zero-order valence-corrected chi connectivity index (χ0v) is 15.1. The van der Waals surface area contributed by atoms with Crippen LogP contribution < -0.4 is 0 Å². The summed E-state index contributed by atoms with van der Waals surface area (Å²) in [7, 11) is 0. The first-order chi connectivity index (χ1) is 12.1. The maximum atomic E-state index is 13.3. The Morgan fingerprint density at radius 2 is 1.60 bits per heavy atom. The second kappa shape index (κ2) is 6.76. The van der Waals surface area contributed by atoms with Crippen LogP contribution in [0.15, 0.2) is 60.7 Å². The maximum absolute atomic E-state index is 13.3. The molecule has 1 saturated heterocycles. The summed E-state index contributed by atoms with van der Waals surface area (Å²) in [5.41, 5.74) is 2.56. The van der Waals surface area contributed by atoms with Crippen molar-refractivity contribution in [1.29, 1.82) is 0 Å². The molecule has 130 valence electrons. The Morgan fingerprint density at radius 1 is 0.960 bits per heavy atom. The number of hydrogen-bond donors (Lipinski definition) is 0. The van der Waals surface area contributed by atoms with Crippen LogP contribution in [0.5, 0.6) is 0 Å². The number of hydrogen-bond acceptors (Lipinski definition) is 2. The third-order valence-corrected chi connectivity index (χ3v) is 6.17. The van der Waals surface area contributed by atoms with Gasteiger partial charge in [0.25, 0.3) is 0 Å². The van der Waals surface area contributed by atoms with Gasteiger partial charge in [-0.1, -0.05) is 74.5 Å². The molecule has 0 spiro atoms.